The number of morpholine rings is 1. The molecule has 0 atom stereocenters. The SMILES string of the molecule is O=S(=O)(N1CCOCC1)N1CCCN(CCCc2ccco2)CC1. The van der Waals surface area contributed by atoms with Crippen molar-refractivity contribution in [3.8, 4) is 0 Å². The van der Waals surface area contributed by atoms with Gasteiger partial charge in [-0.1, -0.05) is 0 Å². The Balaban J connectivity index is 1.47. The minimum Gasteiger partial charge on any atom is -0.469 e. The van der Waals surface area contributed by atoms with Gasteiger partial charge in [0.1, 0.15) is 5.76 Å². The van der Waals surface area contributed by atoms with Gasteiger partial charge in [0.25, 0.3) is 10.2 Å². The first kappa shape index (κ1) is 17.9. The lowest BCUT2D eigenvalue weighted by molar-refractivity contribution is 0.0702. The van der Waals surface area contributed by atoms with Gasteiger partial charge >= 0.3 is 0 Å². The van der Waals surface area contributed by atoms with Gasteiger partial charge in [-0.25, -0.2) is 0 Å². The Morgan fingerprint density at radius 1 is 1.00 bits per heavy atom. The van der Waals surface area contributed by atoms with Crippen molar-refractivity contribution < 1.29 is 17.6 Å². The summed E-state index contributed by atoms with van der Waals surface area (Å²) in [6, 6.07) is 3.91. The van der Waals surface area contributed by atoms with E-state index in [1.807, 2.05) is 12.1 Å². The largest absolute Gasteiger partial charge is 0.469 e. The summed E-state index contributed by atoms with van der Waals surface area (Å²) in [5.74, 6) is 1.02. The van der Waals surface area contributed by atoms with Crippen molar-refractivity contribution in [3.05, 3.63) is 24.2 Å². The Morgan fingerprint density at radius 3 is 2.54 bits per heavy atom. The molecular weight excluding hydrogens is 330 g/mol. The smallest absolute Gasteiger partial charge is 0.282 e. The van der Waals surface area contributed by atoms with Crippen LogP contribution in [0.3, 0.4) is 0 Å². The van der Waals surface area contributed by atoms with Gasteiger partial charge in [0, 0.05) is 39.1 Å². The molecule has 24 heavy (non-hydrogen) atoms. The normalized spacial score (nSPS) is 22.5. The summed E-state index contributed by atoms with van der Waals surface area (Å²) in [7, 11) is -3.34. The molecule has 3 rings (SSSR count). The summed E-state index contributed by atoms with van der Waals surface area (Å²) >= 11 is 0. The van der Waals surface area contributed by atoms with Crippen molar-refractivity contribution in [2.45, 2.75) is 19.3 Å². The van der Waals surface area contributed by atoms with E-state index >= 15 is 0 Å². The molecule has 8 heteroatoms. The first-order valence-corrected chi connectivity index (χ1v) is 10.1. The zero-order valence-electron chi connectivity index (χ0n) is 14.1. The average Bonchev–Trinajstić information content (AvgIpc) is 2.99. The van der Waals surface area contributed by atoms with E-state index in [0.29, 0.717) is 39.4 Å². The number of rotatable bonds is 6. The molecule has 1 aromatic heterocycles. The predicted molar refractivity (Wildman–Crippen MR) is 91.0 cm³/mol. The first-order chi connectivity index (χ1) is 11.7. The van der Waals surface area contributed by atoms with Crippen LogP contribution in [0.5, 0.6) is 0 Å². The molecule has 2 aliphatic heterocycles. The first-order valence-electron chi connectivity index (χ1n) is 8.74. The fourth-order valence-electron chi connectivity index (χ4n) is 3.27. The van der Waals surface area contributed by atoms with Crippen molar-refractivity contribution in [3.63, 3.8) is 0 Å². The van der Waals surface area contributed by atoms with E-state index in [0.717, 1.165) is 44.7 Å². The topological polar surface area (TPSA) is 66.2 Å². The number of ether oxygens (including phenoxy) is 1. The van der Waals surface area contributed by atoms with Crippen molar-refractivity contribution in [1.29, 1.82) is 0 Å². The fourth-order valence-corrected chi connectivity index (χ4v) is 4.88. The quantitative estimate of drug-likeness (QED) is 0.753. The van der Waals surface area contributed by atoms with Crippen molar-refractivity contribution in [1.82, 2.24) is 13.5 Å². The van der Waals surface area contributed by atoms with E-state index < -0.39 is 10.2 Å². The predicted octanol–water partition coefficient (Wildman–Crippen LogP) is 0.797. The Hall–Kier alpha value is -0.930. The van der Waals surface area contributed by atoms with Crippen LogP contribution in [0.25, 0.3) is 0 Å². The summed E-state index contributed by atoms with van der Waals surface area (Å²) in [6.45, 7) is 5.81. The second kappa shape index (κ2) is 8.44. The lowest BCUT2D eigenvalue weighted by Gasteiger charge is -2.31. The molecule has 136 valence electrons. The zero-order chi connectivity index (χ0) is 16.8. The molecule has 2 aliphatic rings. The van der Waals surface area contributed by atoms with Crippen LogP contribution in [-0.2, 0) is 21.4 Å². The minimum atomic E-state index is -3.34. The van der Waals surface area contributed by atoms with E-state index in [9.17, 15) is 8.42 Å². The van der Waals surface area contributed by atoms with Gasteiger partial charge < -0.3 is 14.1 Å². The van der Waals surface area contributed by atoms with Crippen LogP contribution in [0.2, 0.25) is 0 Å². The maximum absolute atomic E-state index is 12.7. The molecule has 0 radical (unpaired) electrons. The van der Waals surface area contributed by atoms with E-state index in [4.69, 9.17) is 9.15 Å². The van der Waals surface area contributed by atoms with Crippen LogP contribution in [0.4, 0.5) is 0 Å². The number of nitrogens with zero attached hydrogens (tertiary/aromatic N) is 3. The Labute approximate surface area is 144 Å². The molecule has 0 N–H and O–H groups in total. The summed E-state index contributed by atoms with van der Waals surface area (Å²) < 4.78 is 39.3. The molecule has 2 fully saturated rings. The molecular formula is C16H27N3O4S. The van der Waals surface area contributed by atoms with Gasteiger partial charge in [-0.3, -0.25) is 0 Å². The summed E-state index contributed by atoms with van der Waals surface area (Å²) in [5, 5.41) is 0. The van der Waals surface area contributed by atoms with Crippen LogP contribution in [0.1, 0.15) is 18.6 Å². The molecule has 0 spiro atoms. The number of aryl methyl sites for hydroxylation is 1. The van der Waals surface area contributed by atoms with Crippen LogP contribution >= 0.6 is 0 Å². The highest BCUT2D eigenvalue weighted by atomic mass is 32.2. The van der Waals surface area contributed by atoms with Gasteiger partial charge in [-0.15, -0.1) is 0 Å². The summed E-state index contributed by atoms with van der Waals surface area (Å²) in [4.78, 5) is 2.36. The summed E-state index contributed by atoms with van der Waals surface area (Å²) in [6.07, 6.45) is 4.54. The Kier molecular flexibility index (Phi) is 6.29. The number of hydrogen-bond donors (Lipinski definition) is 0. The monoisotopic (exact) mass is 357 g/mol. The van der Waals surface area contributed by atoms with Gasteiger partial charge in [0.05, 0.1) is 19.5 Å². The van der Waals surface area contributed by atoms with Crippen molar-refractivity contribution in [2.24, 2.45) is 0 Å². The third-order valence-corrected chi connectivity index (χ3v) is 6.68. The highest BCUT2D eigenvalue weighted by Gasteiger charge is 2.31. The van der Waals surface area contributed by atoms with Crippen LogP contribution in [0.15, 0.2) is 22.8 Å². The van der Waals surface area contributed by atoms with E-state index in [2.05, 4.69) is 4.90 Å². The molecule has 0 unspecified atom stereocenters. The molecule has 0 bridgehead atoms. The molecule has 3 heterocycles. The standard InChI is InChI=1S/C16H27N3O4S/c20-24(21,19-11-14-22-15-12-19)18-8-3-7-17(9-10-18)6-1-4-16-5-2-13-23-16/h2,5,13H,1,3-4,6-12,14-15H2. The average molecular weight is 357 g/mol. The second-order valence-corrected chi connectivity index (χ2v) is 8.22. The molecule has 0 aromatic carbocycles. The van der Waals surface area contributed by atoms with Gasteiger partial charge in [-0.05, 0) is 38.1 Å². The number of furan rings is 1. The van der Waals surface area contributed by atoms with Crippen molar-refractivity contribution >= 4 is 10.2 Å². The van der Waals surface area contributed by atoms with Gasteiger partial charge in [0.15, 0.2) is 0 Å². The second-order valence-electron chi connectivity index (χ2n) is 6.30. The van der Waals surface area contributed by atoms with Gasteiger partial charge in [0.2, 0.25) is 0 Å². The maximum Gasteiger partial charge on any atom is 0.282 e. The maximum atomic E-state index is 12.7. The third kappa shape index (κ3) is 4.58. The highest BCUT2D eigenvalue weighted by molar-refractivity contribution is 7.86. The molecule has 0 aliphatic carbocycles. The molecule has 0 amide bonds. The van der Waals surface area contributed by atoms with E-state index in [1.54, 1.807) is 14.9 Å². The molecule has 0 saturated carbocycles. The van der Waals surface area contributed by atoms with Crippen molar-refractivity contribution in [2.75, 3.05) is 59.0 Å². The summed E-state index contributed by atoms with van der Waals surface area (Å²) in [5.41, 5.74) is 0. The van der Waals surface area contributed by atoms with Gasteiger partial charge in [-0.2, -0.15) is 17.0 Å². The highest BCUT2D eigenvalue weighted by Crippen LogP contribution is 2.15. The van der Waals surface area contributed by atoms with Crippen LogP contribution < -0.4 is 0 Å². The minimum absolute atomic E-state index is 0.464. The molecule has 1 aromatic rings. The third-order valence-electron chi connectivity index (χ3n) is 4.65. The van der Waals surface area contributed by atoms with Crippen LogP contribution in [0, 0.1) is 0 Å². The molecule has 7 nitrogen and oxygen atoms in total. The van der Waals surface area contributed by atoms with E-state index in [1.165, 1.54) is 0 Å². The lowest BCUT2D eigenvalue weighted by Crippen LogP contribution is -2.49. The fraction of sp³-hybridized carbons (Fsp3) is 0.750. The Bertz CT molecular complexity index is 584. The van der Waals surface area contributed by atoms with E-state index in [-0.39, 0.29) is 0 Å². The molecule has 2 saturated heterocycles. The van der Waals surface area contributed by atoms with Crippen LogP contribution in [-0.4, -0.2) is 81.0 Å². The Morgan fingerprint density at radius 2 is 1.79 bits per heavy atom. The zero-order valence-corrected chi connectivity index (χ0v) is 14.9. The number of hydrogen-bond acceptors (Lipinski definition) is 5. The lowest BCUT2D eigenvalue weighted by atomic mass is 10.2.